The number of nitrogens with one attached hydrogen (secondary N) is 2. The molecule has 4 heteroatoms. The summed E-state index contributed by atoms with van der Waals surface area (Å²) in [4.78, 5) is 0. The SMILES string of the molecule is N=C(N)CNc1cccc2c1C(N)CC2. The molecule has 15 heavy (non-hydrogen) atoms. The third-order valence-corrected chi connectivity index (χ3v) is 2.76. The van der Waals surface area contributed by atoms with Crippen molar-refractivity contribution in [2.75, 3.05) is 11.9 Å². The van der Waals surface area contributed by atoms with Gasteiger partial charge in [-0.2, -0.15) is 0 Å². The number of nitrogens with two attached hydrogens (primary N) is 2. The van der Waals surface area contributed by atoms with Gasteiger partial charge in [-0.05, 0) is 30.0 Å². The van der Waals surface area contributed by atoms with E-state index in [1.165, 1.54) is 11.1 Å². The molecule has 0 saturated heterocycles. The van der Waals surface area contributed by atoms with Crippen LogP contribution in [0.2, 0.25) is 0 Å². The first kappa shape index (κ1) is 9.98. The molecule has 4 nitrogen and oxygen atoms in total. The molecule has 0 saturated carbocycles. The van der Waals surface area contributed by atoms with Crippen LogP contribution in [0.15, 0.2) is 18.2 Å². The third kappa shape index (κ3) is 1.94. The van der Waals surface area contributed by atoms with Crippen LogP contribution in [-0.4, -0.2) is 12.4 Å². The first-order chi connectivity index (χ1) is 7.18. The predicted molar refractivity (Wildman–Crippen MR) is 62.1 cm³/mol. The molecular formula is C11H16N4. The molecule has 0 fully saturated rings. The molecule has 0 heterocycles. The van der Waals surface area contributed by atoms with Crippen molar-refractivity contribution in [3.8, 4) is 0 Å². The molecule has 2 rings (SSSR count). The number of aryl methyl sites for hydroxylation is 1. The normalized spacial score (nSPS) is 18.6. The highest BCUT2D eigenvalue weighted by Gasteiger charge is 2.21. The van der Waals surface area contributed by atoms with Gasteiger partial charge in [-0.3, -0.25) is 5.41 Å². The van der Waals surface area contributed by atoms with E-state index in [2.05, 4.69) is 11.4 Å². The van der Waals surface area contributed by atoms with Crippen molar-refractivity contribution in [2.24, 2.45) is 11.5 Å². The Bertz CT molecular complexity index is 386. The zero-order valence-electron chi connectivity index (χ0n) is 8.59. The fourth-order valence-electron chi connectivity index (χ4n) is 2.07. The van der Waals surface area contributed by atoms with E-state index < -0.39 is 0 Å². The van der Waals surface area contributed by atoms with Crippen molar-refractivity contribution in [1.82, 2.24) is 0 Å². The van der Waals surface area contributed by atoms with Crippen LogP contribution in [0.5, 0.6) is 0 Å². The van der Waals surface area contributed by atoms with E-state index in [-0.39, 0.29) is 11.9 Å². The molecule has 1 unspecified atom stereocenters. The molecule has 80 valence electrons. The van der Waals surface area contributed by atoms with Crippen molar-refractivity contribution in [3.05, 3.63) is 29.3 Å². The molecule has 0 bridgehead atoms. The Kier molecular flexibility index (Phi) is 2.60. The standard InChI is InChI=1S/C11H16N4/c12-8-5-4-7-2-1-3-9(11(7)8)15-6-10(13)14/h1-3,8,15H,4-6,12H2,(H3,13,14). The Balaban J connectivity index is 2.24. The van der Waals surface area contributed by atoms with Gasteiger partial charge < -0.3 is 16.8 Å². The Labute approximate surface area is 89.2 Å². The second-order valence-corrected chi connectivity index (χ2v) is 3.90. The maximum Gasteiger partial charge on any atom is 0.110 e. The smallest absolute Gasteiger partial charge is 0.110 e. The van der Waals surface area contributed by atoms with Gasteiger partial charge in [0.15, 0.2) is 0 Å². The largest absolute Gasteiger partial charge is 0.386 e. The lowest BCUT2D eigenvalue weighted by Gasteiger charge is -2.13. The lowest BCUT2D eigenvalue weighted by atomic mass is 10.1. The van der Waals surface area contributed by atoms with Crippen LogP contribution in [0.4, 0.5) is 5.69 Å². The highest BCUT2D eigenvalue weighted by Crippen LogP contribution is 2.34. The van der Waals surface area contributed by atoms with Crippen molar-refractivity contribution in [3.63, 3.8) is 0 Å². The van der Waals surface area contributed by atoms with Crippen LogP contribution in [0.1, 0.15) is 23.6 Å². The zero-order valence-corrected chi connectivity index (χ0v) is 8.59. The summed E-state index contributed by atoms with van der Waals surface area (Å²) in [6, 6.07) is 6.24. The Morgan fingerprint density at radius 1 is 1.53 bits per heavy atom. The van der Waals surface area contributed by atoms with Crippen molar-refractivity contribution in [1.29, 1.82) is 5.41 Å². The number of rotatable bonds is 3. The zero-order chi connectivity index (χ0) is 10.8. The summed E-state index contributed by atoms with van der Waals surface area (Å²) >= 11 is 0. The van der Waals surface area contributed by atoms with E-state index in [1.807, 2.05) is 12.1 Å². The molecule has 1 aliphatic rings. The van der Waals surface area contributed by atoms with E-state index in [0.717, 1.165) is 18.5 Å². The number of benzene rings is 1. The van der Waals surface area contributed by atoms with Gasteiger partial charge in [-0.15, -0.1) is 0 Å². The monoisotopic (exact) mass is 204 g/mol. The van der Waals surface area contributed by atoms with E-state index in [9.17, 15) is 0 Å². The summed E-state index contributed by atoms with van der Waals surface area (Å²) in [6.45, 7) is 0.378. The summed E-state index contributed by atoms with van der Waals surface area (Å²) in [5, 5.41) is 10.3. The maximum atomic E-state index is 7.17. The minimum Gasteiger partial charge on any atom is -0.386 e. The van der Waals surface area contributed by atoms with Gasteiger partial charge in [0.1, 0.15) is 5.84 Å². The van der Waals surface area contributed by atoms with E-state index in [1.54, 1.807) is 0 Å². The summed E-state index contributed by atoms with van der Waals surface area (Å²) < 4.78 is 0. The second kappa shape index (κ2) is 3.90. The first-order valence-corrected chi connectivity index (χ1v) is 5.12. The second-order valence-electron chi connectivity index (χ2n) is 3.90. The number of anilines is 1. The molecule has 0 radical (unpaired) electrons. The highest BCUT2D eigenvalue weighted by atomic mass is 14.9. The molecule has 1 aliphatic carbocycles. The Hall–Kier alpha value is -1.55. The quantitative estimate of drug-likeness (QED) is 0.437. The van der Waals surface area contributed by atoms with Crippen LogP contribution in [0.25, 0.3) is 0 Å². The lowest BCUT2D eigenvalue weighted by molar-refractivity contribution is 0.714. The molecule has 1 aromatic rings. The van der Waals surface area contributed by atoms with Gasteiger partial charge in [0.2, 0.25) is 0 Å². The third-order valence-electron chi connectivity index (χ3n) is 2.76. The van der Waals surface area contributed by atoms with Crippen LogP contribution >= 0.6 is 0 Å². The van der Waals surface area contributed by atoms with Gasteiger partial charge in [0, 0.05) is 11.7 Å². The fourth-order valence-corrected chi connectivity index (χ4v) is 2.07. The molecule has 1 aromatic carbocycles. The van der Waals surface area contributed by atoms with Crippen LogP contribution in [0.3, 0.4) is 0 Å². The van der Waals surface area contributed by atoms with Crippen LogP contribution in [-0.2, 0) is 6.42 Å². The Morgan fingerprint density at radius 2 is 2.33 bits per heavy atom. The lowest BCUT2D eigenvalue weighted by Crippen LogP contribution is -2.22. The summed E-state index contributed by atoms with van der Waals surface area (Å²) in [5.74, 6) is 0.138. The van der Waals surface area contributed by atoms with Crippen LogP contribution < -0.4 is 16.8 Å². The van der Waals surface area contributed by atoms with Gasteiger partial charge in [-0.1, -0.05) is 12.1 Å². The topological polar surface area (TPSA) is 87.9 Å². The van der Waals surface area contributed by atoms with Gasteiger partial charge in [0.25, 0.3) is 0 Å². The fraction of sp³-hybridized carbons (Fsp3) is 0.364. The first-order valence-electron chi connectivity index (χ1n) is 5.12. The van der Waals surface area contributed by atoms with Crippen molar-refractivity contribution >= 4 is 11.5 Å². The van der Waals surface area contributed by atoms with E-state index >= 15 is 0 Å². The molecular weight excluding hydrogens is 188 g/mol. The molecule has 0 amide bonds. The maximum absolute atomic E-state index is 7.17. The van der Waals surface area contributed by atoms with Gasteiger partial charge in [0.05, 0.1) is 6.54 Å². The number of hydrogen-bond acceptors (Lipinski definition) is 3. The van der Waals surface area contributed by atoms with Crippen molar-refractivity contribution < 1.29 is 0 Å². The summed E-state index contributed by atoms with van der Waals surface area (Å²) in [7, 11) is 0. The number of hydrogen-bond donors (Lipinski definition) is 4. The number of amidine groups is 1. The molecule has 0 spiro atoms. The predicted octanol–water partition coefficient (Wildman–Crippen LogP) is 0.980. The molecule has 0 aliphatic heterocycles. The van der Waals surface area contributed by atoms with Gasteiger partial charge >= 0.3 is 0 Å². The van der Waals surface area contributed by atoms with Crippen molar-refractivity contribution in [2.45, 2.75) is 18.9 Å². The Morgan fingerprint density at radius 3 is 3.07 bits per heavy atom. The minimum absolute atomic E-state index is 0.121. The highest BCUT2D eigenvalue weighted by molar-refractivity contribution is 5.82. The number of fused-ring (bicyclic) bond motifs is 1. The molecule has 1 atom stereocenters. The summed E-state index contributed by atoms with van der Waals surface area (Å²) in [5.41, 5.74) is 14.9. The average Bonchev–Trinajstić information content (AvgIpc) is 2.58. The van der Waals surface area contributed by atoms with Crippen LogP contribution in [0, 0.1) is 5.41 Å². The summed E-state index contributed by atoms with van der Waals surface area (Å²) in [6.07, 6.45) is 2.06. The van der Waals surface area contributed by atoms with E-state index in [4.69, 9.17) is 16.9 Å². The average molecular weight is 204 g/mol. The van der Waals surface area contributed by atoms with Gasteiger partial charge in [-0.25, -0.2) is 0 Å². The van der Waals surface area contributed by atoms with E-state index in [0.29, 0.717) is 6.54 Å². The molecule has 6 N–H and O–H groups in total. The molecule has 0 aromatic heterocycles. The minimum atomic E-state index is 0.121.